The predicted octanol–water partition coefficient (Wildman–Crippen LogP) is 3.75. The van der Waals surface area contributed by atoms with Gasteiger partial charge in [-0.1, -0.05) is 6.07 Å². The summed E-state index contributed by atoms with van der Waals surface area (Å²) in [5.74, 6) is 0.292. The first-order chi connectivity index (χ1) is 11.9. The van der Waals surface area contributed by atoms with Crippen molar-refractivity contribution in [2.45, 2.75) is 38.6 Å². The van der Waals surface area contributed by atoms with Gasteiger partial charge in [-0.25, -0.2) is 0 Å². The average molecular weight is 353 g/mol. The van der Waals surface area contributed by atoms with E-state index in [9.17, 15) is 13.2 Å². The Balaban J connectivity index is 1.46. The summed E-state index contributed by atoms with van der Waals surface area (Å²) in [6.07, 6.45) is -0.776. The summed E-state index contributed by atoms with van der Waals surface area (Å²) in [7, 11) is 0. The molecule has 0 amide bonds. The Morgan fingerprint density at radius 3 is 2.56 bits per heavy atom. The lowest BCUT2D eigenvalue weighted by Crippen LogP contribution is -2.39. The molecule has 1 aromatic carbocycles. The largest absolute Gasteiger partial charge is 0.490 e. The fraction of sp³-hybridized carbons (Fsp3) is 0.500. The number of aryl methyl sites for hydroxylation is 1. The number of likely N-dealkylation sites (tertiary alicyclic amines) is 1. The monoisotopic (exact) mass is 353 g/mol. The topological polar surface area (TPSA) is 30.3 Å². The summed E-state index contributed by atoms with van der Waals surface area (Å²) in [5, 5.41) is 4.37. The number of piperidine rings is 1. The molecule has 0 aliphatic carbocycles. The SMILES string of the molecule is Cc1ccn(CCN2CCC(Oc3cccc(C(F)(F)F)c3)CC2)n1. The Labute approximate surface area is 145 Å². The van der Waals surface area contributed by atoms with Crippen molar-refractivity contribution in [2.75, 3.05) is 19.6 Å². The molecule has 7 heteroatoms. The summed E-state index contributed by atoms with van der Waals surface area (Å²) < 4.78 is 46.0. The second kappa shape index (κ2) is 7.47. The molecule has 1 aliphatic rings. The first kappa shape index (κ1) is 17.8. The normalized spacial score (nSPS) is 17.0. The zero-order chi connectivity index (χ0) is 17.9. The molecule has 2 aromatic rings. The van der Waals surface area contributed by atoms with Crippen LogP contribution in [-0.2, 0) is 12.7 Å². The number of nitrogens with zero attached hydrogens (tertiary/aromatic N) is 3. The van der Waals surface area contributed by atoms with Gasteiger partial charge < -0.3 is 9.64 Å². The van der Waals surface area contributed by atoms with Gasteiger partial charge in [0.1, 0.15) is 11.9 Å². The Bertz CT molecular complexity index is 691. The van der Waals surface area contributed by atoms with Crippen LogP contribution in [0.25, 0.3) is 0 Å². The lowest BCUT2D eigenvalue weighted by molar-refractivity contribution is -0.137. The molecule has 136 valence electrons. The number of halogens is 3. The Hall–Kier alpha value is -2.02. The van der Waals surface area contributed by atoms with Crippen molar-refractivity contribution in [3.63, 3.8) is 0 Å². The quantitative estimate of drug-likeness (QED) is 0.820. The van der Waals surface area contributed by atoms with Crippen LogP contribution < -0.4 is 4.74 Å². The van der Waals surface area contributed by atoms with E-state index in [-0.39, 0.29) is 6.10 Å². The fourth-order valence-corrected chi connectivity index (χ4v) is 3.02. The predicted molar refractivity (Wildman–Crippen MR) is 88.5 cm³/mol. The third kappa shape index (κ3) is 4.98. The number of ether oxygens (including phenoxy) is 1. The van der Waals surface area contributed by atoms with E-state index in [1.165, 1.54) is 6.07 Å². The van der Waals surface area contributed by atoms with Crippen LogP contribution >= 0.6 is 0 Å². The number of aromatic nitrogens is 2. The molecule has 2 heterocycles. The lowest BCUT2D eigenvalue weighted by Gasteiger charge is -2.32. The van der Waals surface area contributed by atoms with E-state index >= 15 is 0 Å². The molecule has 1 saturated heterocycles. The zero-order valence-corrected chi connectivity index (χ0v) is 14.2. The van der Waals surface area contributed by atoms with Gasteiger partial charge in [0.15, 0.2) is 0 Å². The number of rotatable bonds is 5. The van der Waals surface area contributed by atoms with Crippen molar-refractivity contribution in [3.8, 4) is 5.75 Å². The van der Waals surface area contributed by atoms with Crippen LogP contribution in [-0.4, -0.2) is 40.4 Å². The van der Waals surface area contributed by atoms with Crippen LogP contribution in [0.4, 0.5) is 13.2 Å². The summed E-state index contributed by atoms with van der Waals surface area (Å²) in [5.41, 5.74) is 0.338. The average Bonchev–Trinajstić information content (AvgIpc) is 2.99. The number of hydrogen-bond acceptors (Lipinski definition) is 3. The highest BCUT2D eigenvalue weighted by Crippen LogP contribution is 2.32. The standard InChI is InChI=1S/C18H22F3N3O/c1-14-5-10-24(22-14)12-11-23-8-6-16(7-9-23)25-17-4-2-3-15(13-17)18(19,20)21/h2-5,10,13,16H,6-9,11-12H2,1H3. The maximum atomic E-state index is 12.8. The van der Waals surface area contributed by atoms with Crippen molar-refractivity contribution in [2.24, 2.45) is 0 Å². The molecule has 0 saturated carbocycles. The highest BCUT2D eigenvalue weighted by Gasteiger charge is 2.31. The molecule has 0 bridgehead atoms. The minimum absolute atomic E-state index is 0.0355. The van der Waals surface area contributed by atoms with E-state index in [2.05, 4.69) is 10.00 Å². The summed E-state index contributed by atoms with van der Waals surface area (Å²) in [6, 6.07) is 7.09. The molecule has 1 aliphatic heterocycles. The van der Waals surface area contributed by atoms with Gasteiger partial charge in [-0.15, -0.1) is 0 Å². The first-order valence-electron chi connectivity index (χ1n) is 8.46. The van der Waals surface area contributed by atoms with Crippen LogP contribution in [0.15, 0.2) is 36.5 Å². The van der Waals surface area contributed by atoms with E-state index in [0.717, 1.165) is 56.8 Å². The molecule has 25 heavy (non-hydrogen) atoms. The molecule has 0 N–H and O–H groups in total. The van der Waals surface area contributed by atoms with Gasteiger partial charge in [0, 0.05) is 25.8 Å². The second-order valence-corrected chi connectivity index (χ2v) is 6.40. The van der Waals surface area contributed by atoms with Crippen LogP contribution in [0.2, 0.25) is 0 Å². The summed E-state index contributed by atoms with van der Waals surface area (Å²) in [6.45, 7) is 5.48. The van der Waals surface area contributed by atoms with E-state index in [1.54, 1.807) is 6.07 Å². The van der Waals surface area contributed by atoms with Crippen molar-refractivity contribution in [3.05, 3.63) is 47.8 Å². The molecule has 1 aromatic heterocycles. The van der Waals surface area contributed by atoms with E-state index in [4.69, 9.17) is 4.74 Å². The Kier molecular flexibility index (Phi) is 5.32. The van der Waals surface area contributed by atoms with Gasteiger partial charge >= 0.3 is 6.18 Å². The zero-order valence-electron chi connectivity index (χ0n) is 14.2. The van der Waals surface area contributed by atoms with Gasteiger partial charge in [-0.3, -0.25) is 4.68 Å². The molecule has 0 radical (unpaired) electrons. The third-order valence-electron chi connectivity index (χ3n) is 4.42. The third-order valence-corrected chi connectivity index (χ3v) is 4.42. The van der Waals surface area contributed by atoms with Crippen molar-refractivity contribution in [1.82, 2.24) is 14.7 Å². The smallest absolute Gasteiger partial charge is 0.416 e. The molecular formula is C18H22F3N3O. The lowest BCUT2D eigenvalue weighted by atomic mass is 10.1. The molecule has 0 spiro atoms. The maximum Gasteiger partial charge on any atom is 0.416 e. The van der Waals surface area contributed by atoms with Gasteiger partial charge in [0.05, 0.1) is 17.8 Å². The molecule has 0 atom stereocenters. The van der Waals surface area contributed by atoms with Gasteiger partial charge in [0.25, 0.3) is 0 Å². The molecule has 1 fully saturated rings. The van der Waals surface area contributed by atoms with Crippen molar-refractivity contribution in [1.29, 1.82) is 0 Å². The van der Waals surface area contributed by atoms with E-state index in [1.807, 2.05) is 23.9 Å². The van der Waals surface area contributed by atoms with Crippen molar-refractivity contribution < 1.29 is 17.9 Å². The number of alkyl halides is 3. The van der Waals surface area contributed by atoms with Crippen LogP contribution in [0.1, 0.15) is 24.1 Å². The molecule has 0 unspecified atom stereocenters. The summed E-state index contributed by atoms with van der Waals surface area (Å²) >= 11 is 0. The minimum atomic E-state index is -4.34. The minimum Gasteiger partial charge on any atom is -0.490 e. The molecule has 3 rings (SSSR count). The fourth-order valence-electron chi connectivity index (χ4n) is 3.02. The highest BCUT2D eigenvalue weighted by molar-refractivity contribution is 5.30. The second-order valence-electron chi connectivity index (χ2n) is 6.40. The van der Waals surface area contributed by atoms with Crippen LogP contribution in [0, 0.1) is 6.92 Å². The Morgan fingerprint density at radius 2 is 1.92 bits per heavy atom. The van der Waals surface area contributed by atoms with E-state index < -0.39 is 11.7 Å². The van der Waals surface area contributed by atoms with Crippen molar-refractivity contribution >= 4 is 0 Å². The summed E-state index contributed by atoms with van der Waals surface area (Å²) in [4.78, 5) is 2.34. The molecule has 4 nitrogen and oxygen atoms in total. The number of benzene rings is 1. The van der Waals surface area contributed by atoms with Crippen LogP contribution in [0.3, 0.4) is 0 Å². The van der Waals surface area contributed by atoms with E-state index in [0.29, 0.717) is 5.75 Å². The highest BCUT2D eigenvalue weighted by atomic mass is 19.4. The van der Waals surface area contributed by atoms with Gasteiger partial charge in [0.2, 0.25) is 0 Å². The number of hydrogen-bond donors (Lipinski definition) is 0. The van der Waals surface area contributed by atoms with Gasteiger partial charge in [-0.05, 0) is 44.0 Å². The Morgan fingerprint density at radius 1 is 1.16 bits per heavy atom. The maximum absolute atomic E-state index is 12.8. The molecular weight excluding hydrogens is 331 g/mol. The van der Waals surface area contributed by atoms with Crippen LogP contribution in [0.5, 0.6) is 5.75 Å². The van der Waals surface area contributed by atoms with Gasteiger partial charge in [-0.2, -0.15) is 18.3 Å². The first-order valence-corrected chi connectivity index (χ1v) is 8.46.